The van der Waals surface area contributed by atoms with Crippen LogP contribution in [0.5, 0.6) is 0 Å². The highest BCUT2D eigenvalue weighted by atomic mass is 16.5. The maximum absolute atomic E-state index is 12.2. The zero-order valence-electron chi connectivity index (χ0n) is 10.4. The Morgan fingerprint density at radius 2 is 2.25 bits per heavy atom. The largest absolute Gasteiger partial charge is 0.378 e. The van der Waals surface area contributed by atoms with Crippen molar-refractivity contribution in [2.45, 2.75) is 45.4 Å². The number of rotatable bonds is 3. The molecule has 4 heteroatoms. The predicted molar refractivity (Wildman–Crippen MR) is 62.2 cm³/mol. The lowest BCUT2D eigenvalue weighted by molar-refractivity contribution is -0.137. The van der Waals surface area contributed by atoms with E-state index in [9.17, 15) is 4.79 Å². The highest BCUT2D eigenvalue weighted by Gasteiger charge is 2.47. The molecule has 1 aliphatic heterocycles. The van der Waals surface area contributed by atoms with Crippen LogP contribution >= 0.6 is 0 Å². The molecule has 0 radical (unpaired) electrons. The van der Waals surface area contributed by atoms with Gasteiger partial charge in [-0.25, -0.2) is 0 Å². The number of carbonyl (C=O) groups excluding carboxylic acids is 1. The minimum absolute atomic E-state index is 0.132. The zero-order valence-corrected chi connectivity index (χ0v) is 10.4. The molecule has 1 N–H and O–H groups in total. The molecule has 4 nitrogen and oxygen atoms in total. The fourth-order valence-electron chi connectivity index (χ4n) is 2.41. The van der Waals surface area contributed by atoms with Crippen molar-refractivity contribution < 1.29 is 9.53 Å². The van der Waals surface area contributed by atoms with Crippen LogP contribution in [-0.4, -0.2) is 48.7 Å². The summed E-state index contributed by atoms with van der Waals surface area (Å²) in [6, 6.07) is 0.686. The van der Waals surface area contributed by atoms with Gasteiger partial charge in [-0.1, -0.05) is 0 Å². The highest BCUT2D eigenvalue weighted by molar-refractivity contribution is 5.82. The topological polar surface area (TPSA) is 41.6 Å². The second-order valence-electron chi connectivity index (χ2n) is 4.85. The van der Waals surface area contributed by atoms with Crippen molar-refractivity contribution in [3.05, 3.63) is 0 Å². The fourth-order valence-corrected chi connectivity index (χ4v) is 2.41. The van der Waals surface area contributed by atoms with Crippen LogP contribution in [0.25, 0.3) is 0 Å². The van der Waals surface area contributed by atoms with Gasteiger partial charge in [-0.2, -0.15) is 0 Å². The first-order valence-corrected chi connectivity index (χ1v) is 6.30. The van der Waals surface area contributed by atoms with E-state index in [4.69, 9.17) is 4.74 Å². The molecular formula is C12H22N2O2. The number of hydrogen-bond acceptors (Lipinski definition) is 3. The van der Waals surface area contributed by atoms with Gasteiger partial charge in [0.15, 0.2) is 0 Å². The van der Waals surface area contributed by atoms with Crippen LogP contribution in [-0.2, 0) is 9.53 Å². The lowest BCUT2D eigenvalue weighted by Crippen LogP contribution is -2.57. The summed E-state index contributed by atoms with van der Waals surface area (Å²) in [6.45, 7) is 8.68. The summed E-state index contributed by atoms with van der Waals surface area (Å²) in [4.78, 5) is 14.2. The molecule has 2 fully saturated rings. The summed E-state index contributed by atoms with van der Waals surface area (Å²) in [5.74, 6) is 0.423. The van der Waals surface area contributed by atoms with Crippen molar-refractivity contribution in [2.24, 2.45) is 5.92 Å². The van der Waals surface area contributed by atoms with Crippen LogP contribution in [0, 0.1) is 5.92 Å². The molecule has 1 saturated carbocycles. The molecule has 2 rings (SSSR count). The Morgan fingerprint density at radius 3 is 2.94 bits per heavy atom. The van der Waals surface area contributed by atoms with Gasteiger partial charge in [-0.3, -0.25) is 4.79 Å². The lowest BCUT2D eigenvalue weighted by atomic mass is 10.1. The van der Waals surface area contributed by atoms with E-state index in [1.54, 1.807) is 0 Å². The van der Waals surface area contributed by atoms with Gasteiger partial charge < -0.3 is 15.0 Å². The minimum atomic E-state index is 0.132. The van der Waals surface area contributed by atoms with Crippen molar-refractivity contribution in [1.29, 1.82) is 0 Å². The summed E-state index contributed by atoms with van der Waals surface area (Å²) in [5, 5.41) is 3.39. The van der Waals surface area contributed by atoms with Crippen LogP contribution < -0.4 is 5.32 Å². The standard InChI is InChI=1S/C12H22N2O2/c1-4-16-11-7-10(11)12(15)14-6-5-13-8(2)9(14)3/h8-11,13H,4-7H2,1-3H3. The van der Waals surface area contributed by atoms with Gasteiger partial charge in [-0.15, -0.1) is 0 Å². The molecule has 4 atom stereocenters. The maximum Gasteiger partial charge on any atom is 0.228 e. The van der Waals surface area contributed by atoms with E-state index in [1.165, 1.54) is 0 Å². The molecule has 0 spiro atoms. The average molecular weight is 226 g/mol. The zero-order chi connectivity index (χ0) is 11.7. The van der Waals surface area contributed by atoms with E-state index in [1.807, 2.05) is 11.8 Å². The highest BCUT2D eigenvalue weighted by Crippen LogP contribution is 2.36. The van der Waals surface area contributed by atoms with Gasteiger partial charge in [-0.05, 0) is 27.2 Å². The van der Waals surface area contributed by atoms with Crippen LogP contribution in [0.4, 0.5) is 0 Å². The van der Waals surface area contributed by atoms with Crippen LogP contribution in [0.1, 0.15) is 27.2 Å². The molecule has 1 amide bonds. The summed E-state index contributed by atoms with van der Waals surface area (Å²) in [5.41, 5.74) is 0. The van der Waals surface area contributed by atoms with Crippen molar-refractivity contribution in [3.8, 4) is 0 Å². The monoisotopic (exact) mass is 226 g/mol. The number of amides is 1. The molecule has 1 heterocycles. The first-order valence-electron chi connectivity index (χ1n) is 6.30. The third-order valence-corrected chi connectivity index (χ3v) is 3.75. The van der Waals surface area contributed by atoms with Crippen molar-refractivity contribution in [2.75, 3.05) is 19.7 Å². The van der Waals surface area contributed by atoms with Crippen molar-refractivity contribution in [1.82, 2.24) is 10.2 Å². The van der Waals surface area contributed by atoms with Crippen molar-refractivity contribution >= 4 is 5.91 Å². The van der Waals surface area contributed by atoms with Crippen LogP contribution in [0.3, 0.4) is 0 Å². The quantitative estimate of drug-likeness (QED) is 0.767. The smallest absolute Gasteiger partial charge is 0.228 e. The number of hydrogen-bond donors (Lipinski definition) is 1. The third kappa shape index (κ3) is 2.23. The lowest BCUT2D eigenvalue weighted by Gasteiger charge is -2.38. The Kier molecular flexibility index (Phi) is 3.50. The number of ether oxygens (including phenoxy) is 1. The Labute approximate surface area is 97.3 Å². The molecular weight excluding hydrogens is 204 g/mol. The normalized spacial score (nSPS) is 38.6. The SMILES string of the molecule is CCOC1CC1C(=O)N1CCNC(C)C1C. The first kappa shape index (κ1) is 11.9. The van der Waals surface area contributed by atoms with Gasteiger partial charge in [0.05, 0.1) is 12.0 Å². The van der Waals surface area contributed by atoms with Gasteiger partial charge in [0.2, 0.25) is 5.91 Å². The maximum atomic E-state index is 12.2. The number of nitrogens with one attached hydrogen (secondary N) is 1. The first-order chi connectivity index (χ1) is 7.65. The van der Waals surface area contributed by atoms with E-state index < -0.39 is 0 Å². The molecule has 0 aromatic carbocycles. The van der Waals surface area contributed by atoms with Crippen molar-refractivity contribution in [3.63, 3.8) is 0 Å². The minimum Gasteiger partial charge on any atom is -0.378 e. The molecule has 0 aromatic rings. The van der Waals surface area contributed by atoms with Gasteiger partial charge in [0, 0.05) is 31.8 Å². The third-order valence-electron chi connectivity index (χ3n) is 3.75. The molecule has 1 aliphatic carbocycles. The summed E-state index contributed by atoms with van der Waals surface area (Å²) >= 11 is 0. The summed E-state index contributed by atoms with van der Waals surface area (Å²) in [7, 11) is 0. The number of nitrogens with zero attached hydrogens (tertiary/aromatic N) is 1. The second kappa shape index (κ2) is 4.72. The van der Waals surface area contributed by atoms with E-state index >= 15 is 0 Å². The van der Waals surface area contributed by atoms with Gasteiger partial charge >= 0.3 is 0 Å². The van der Waals surface area contributed by atoms with E-state index in [-0.39, 0.29) is 12.0 Å². The molecule has 16 heavy (non-hydrogen) atoms. The summed E-state index contributed by atoms with van der Waals surface area (Å²) < 4.78 is 5.48. The van der Waals surface area contributed by atoms with E-state index in [0.717, 1.165) is 19.5 Å². The predicted octanol–water partition coefficient (Wildman–Crippen LogP) is 0.620. The molecule has 2 aliphatic rings. The van der Waals surface area contributed by atoms with E-state index in [0.29, 0.717) is 24.6 Å². The van der Waals surface area contributed by atoms with Crippen LogP contribution in [0.2, 0.25) is 0 Å². The van der Waals surface area contributed by atoms with Crippen LogP contribution in [0.15, 0.2) is 0 Å². The Balaban J connectivity index is 1.90. The number of carbonyl (C=O) groups is 1. The molecule has 1 saturated heterocycles. The molecule has 4 unspecified atom stereocenters. The van der Waals surface area contributed by atoms with Gasteiger partial charge in [0.1, 0.15) is 0 Å². The van der Waals surface area contributed by atoms with Gasteiger partial charge in [0.25, 0.3) is 0 Å². The molecule has 92 valence electrons. The molecule has 0 aromatic heterocycles. The summed E-state index contributed by atoms with van der Waals surface area (Å²) in [6.07, 6.45) is 1.10. The Hall–Kier alpha value is -0.610. The molecule has 0 bridgehead atoms. The Morgan fingerprint density at radius 1 is 1.50 bits per heavy atom. The average Bonchev–Trinajstić information content (AvgIpc) is 3.01. The number of piperazine rings is 1. The Bertz CT molecular complexity index is 270. The second-order valence-corrected chi connectivity index (χ2v) is 4.85. The fraction of sp³-hybridized carbons (Fsp3) is 0.917. The van der Waals surface area contributed by atoms with E-state index in [2.05, 4.69) is 19.2 Å².